The molecule has 1 unspecified atom stereocenters. The van der Waals surface area contributed by atoms with Gasteiger partial charge in [-0.05, 0) is 54.9 Å². The van der Waals surface area contributed by atoms with Crippen molar-refractivity contribution < 1.29 is 13.9 Å². The Kier molecular flexibility index (Phi) is 5.37. The molecule has 1 aliphatic carbocycles. The minimum absolute atomic E-state index is 0.0337. The lowest BCUT2D eigenvalue weighted by Crippen LogP contribution is -2.25. The smallest absolute Gasteiger partial charge is 0.220 e. The van der Waals surface area contributed by atoms with Crippen LogP contribution in [0.5, 0.6) is 5.75 Å². The SMILES string of the molecule is COc1ccc(C(CC(=O)NCc2ccccc2F)C2CC2)cc1C. The van der Waals surface area contributed by atoms with E-state index < -0.39 is 0 Å². The monoisotopic (exact) mass is 341 g/mol. The first-order valence-corrected chi connectivity index (χ1v) is 8.73. The number of aryl methyl sites for hydroxylation is 1. The van der Waals surface area contributed by atoms with E-state index in [1.54, 1.807) is 25.3 Å². The van der Waals surface area contributed by atoms with Gasteiger partial charge >= 0.3 is 0 Å². The van der Waals surface area contributed by atoms with E-state index >= 15 is 0 Å². The van der Waals surface area contributed by atoms with E-state index in [2.05, 4.69) is 17.4 Å². The van der Waals surface area contributed by atoms with Crippen LogP contribution in [-0.2, 0) is 11.3 Å². The maximum Gasteiger partial charge on any atom is 0.220 e. The van der Waals surface area contributed by atoms with Gasteiger partial charge in [0.05, 0.1) is 7.11 Å². The van der Waals surface area contributed by atoms with E-state index in [-0.39, 0.29) is 24.2 Å². The Morgan fingerprint density at radius 2 is 2.04 bits per heavy atom. The summed E-state index contributed by atoms with van der Waals surface area (Å²) < 4.78 is 19.0. The Balaban J connectivity index is 1.65. The lowest BCUT2D eigenvalue weighted by atomic mass is 9.89. The van der Waals surface area contributed by atoms with E-state index in [0.29, 0.717) is 17.9 Å². The van der Waals surface area contributed by atoms with Crippen molar-refractivity contribution in [2.75, 3.05) is 7.11 Å². The molecule has 4 heteroatoms. The number of hydrogen-bond donors (Lipinski definition) is 1. The van der Waals surface area contributed by atoms with Gasteiger partial charge in [0.1, 0.15) is 11.6 Å². The van der Waals surface area contributed by atoms with Crippen molar-refractivity contribution in [2.45, 2.75) is 38.6 Å². The topological polar surface area (TPSA) is 38.3 Å². The predicted molar refractivity (Wildman–Crippen MR) is 96.1 cm³/mol. The van der Waals surface area contributed by atoms with Gasteiger partial charge < -0.3 is 10.1 Å². The summed E-state index contributed by atoms with van der Waals surface area (Å²) in [7, 11) is 1.66. The van der Waals surface area contributed by atoms with Crippen molar-refractivity contribution in [3.05, 3.63) is 65.0 Å². The van der Waals surface area contributed by atoms with E-state index in [9.17, 15) is 9.18 Å². The number of ether oxygens (including phenoxy) is 1. The second-order valence-corrected chi connectivity index (χ2v) is 6.75. The summed E-state index contributed by atoms with van der Waals surface area (Å²) >= 11 is 0. The standard InChI is InChI=1S/C21H24FNO2/c1-14-11-16(9-10-20(14)25-2)18(15-7-8-15)12-21(24)23-13-17-5-3-4-6-19(17)22/h3-6,9-11,15,18H,7-8,12-13H2,1-2H3,(H,23,24). The molecule has 1 atom stereocenters. The van der Waals surface area contributed by atoms with Gasteiger partial charge in [-0.2, -0.15) is 0 Å². The Hall–Kier alpha value is -2.36. The van der Waals surface area contributed by atoms with Crippen molar-refractivity contribution in [2.24, 2.45) is 5.92 Å². The summed E-state index contributed by atoms with van der Waals surface area (Å²) in [5.74, 6) is 1.32. The van der Waals surface area contributed by atoms with Gasteiger partial charge in [-0.1, -0.05) is 30.3 Å². The minimum atomic E-state index is -0.285. The van der Waals surface area contributed by atoms with Crippen molar-refractivity contribution in [1.29, 1.82) is 0 Å². The second-order valence-electron chi connectivity index (χ2n) is 6.75. The quantitative estimate of drug-likeness (QED) is 0.813. The minimum Gasteiger partial charge on any atom is -0.496 e. The molecule has 0 spiro atoms. The highest BCUT2D eigenvalue weighted by Gasteiger charge is 2.33. The highest BCUT2D eigenvalue weighted by Crippen LogP contribution is 2.45. The van der Waals surface area contributed by atoms with Gasteiger partial charge in [-0.25, -0.2) is 4.39 Å². The zero-order valence-electron chi connectivity index (χ0n) is 14.7. The van der Waals surface area contributed by atoms with E-state index in [1.807, 2.05) is 13.0 Å². The first-order chi connectivity index (χ1) is 12.1. The number of methoxy groups -OCH3 is 1. The Bertz CT molecular complexity index is 755. The number of nitrogens with one attached hydrogen (secondary N) is 1. The van der Waals surface area contributed by atoms with Crippen molar-refractivity contribution in [3.63, 3.8) is 0 Å². The van der Waals surface area contributed by atoms with Gasteiger partial charge in [-0.3, -0.25) is 4.79 Å². The van der Waals surface area contributed by atoms with E-state index in [1.165, 1.54) is 11.6 Å². The summed E-state index contributed by atoms with van der Waals surface area (Å²) in [5, 5.41) is 2.86. The Morgan fingerprint density at radius 3 is 2.68 bits per heavy atom. The zero-order valence-corrected chi connectivity index (χ0v) is 14.7. The third kappa shape index (κ3) is 4.38. The normalized spacial score (nSPS) is 14.8. The van der Waals surface area contributed by atoms with Gasteiger partial charge in [0.2, 0.25) is 5.91 Å². The fourth-order valence-corrected chi connectivity index (χ4v) is 3.30. The molecule has 1 fully saturated rings. The van der Waals surface area contributed by atoms with Crippen LogP contribution in [0.3, 0.4) is 0 Å². The average Bonchev–Trinajstić information content (AvgIpc) is 3.44. The maximum atomic E-state index is 13.7. The van der Waals surface area contributed by atoms with Crippen LogP contribution >= 0.6 is 0 Å². The number of carbonyl (C=O) groups is 1. The van der Waals surface area contributed by atoms with E-state index in [0.717, 1.165) is 24.2 Å². The molecule has 132 valence electrons. The molecule has 25 heavy (non-hydrogen) atoms. The maximum absolute atomic E-state index is 13.7. The third-order valence-corrected chi connectivity index (χ3v) is 4.88. The number of amides is 1. The molecule has 0 aromatic heterocycles. The van der Waals surface area contributed by atoms with Crippen molar-refractivity contribution in [1.82, 2.24) is 5.32 Å². The summed E-state index contributed by atoms with van der Waals surface area (Å²) in [6.45, 7) is 2.25. The van der Waals surface area contributed by atoms with Crippen LogP contribution < -0.4 is 10.1 Å². The van der Waals surface area contributed by atoms with Crippen LogP contribution in [0.25, 0.3) is 0 Å². The molecule has 1 N–H and O–H groups in total. The number of carbonyl (C=O) groups excluding carboxylic acids is 1. The molecule has 1 aliphatic rings. The highest BCUT2D eigenvalue weighted by molar-refractivity contribution is 5.77. The van der Waals surface area contributed by atoms with Crippen molar-refractivity contribution in [3.8, 4) is 5.75 Å². The highest BCUT2D eigenvalue weighted by atomic mass is 19.1. The average molecular weight is 341 g/mol. The van der Waals surface area contributed by atoms with E-state index in [4.69, 9.17) is 4.74 Å². The fourth-order valence-electron chi connectivity index (χ4n) is 3.30. The van der Waals surface area contributed by atoms with Gasteiger partial charge in [-0.15, -0.1) is 0 Å². The number of hydrogen-bond acceptors (Lipinski definition) is 2. The summed E-state index contributed by atoms with van der Waals surface area (Å²) in [4.78, 5) is 12.4. The van der Waals surface area contributed by atoms with Crippen LogP contribution in [0.2, 0.25) is 0 Å². The van der Waals surface area contributed by atoms with Crippen LogP contribution in [0.15, 0.2) is 42.5 Å². The summed E-state index contributed by atoms with van der Waals surface area (Å²) in [6.07, 6.45) is 2.76. The number of rotatable bonds is 7. The first kappa shape index (κ1) is 17.5. The second kappa shape index (κ2) is 7.68. The molecule has 0 bridgehead atoms. The van der Waals surface area contributed by atoms with Gasteiger partial charge in [0, 0.05) is 18.5 Å². The van der Waals surface area contributed by atoms with Gasteiger partial charge in [0.25, 0.3) is 0 Å². The van der Waals surface area contributed by atoms with Crippen LogP contribution in [0.1, 0.15) is 41.9 Å². The molecular formula is C21H24FNO2. The lowest BCUT2D eigenvalue weighted by Gasteiger charge is -2.18. The van der Waals surface area contributed by atoms with Gasteiger partial charge in [0.15, 0.2) is 0 Å². The molecule has 2 aromatic carbocycles. The largest absolute Gasteiger partial charge is 0.496 e. The van der Waals surface area contributed by atoms with Crippen LogP contribution in [0.4, 0.5) is 4.39 Å². The molecule has 0 saturated heterocycles. The Morgan fingerprint density at radius 1 is 1.28 bits per heavy atom. The lowest BCUT2D eigenvalue weighted by molar-refractivity contribution is -0.121. The number of halogens is 1. The molecule has 3 rings (SSSR count). The molecular weight excluding hydrogens is 317 g/mol. The first-order valence-electron chi connectivity index (χ1n) is 8.73. The predicted octanol–water partition coefficient (Wildman–Crippen LogP) is 4.34. The van der Waals surface area contributed by atoms with Crippen LogP contribution in [0, 0.1) is 18.7 Å². The molecule has 0 heterocycles. The van der Waals surface area contributed by atoms with Crippen LogP contribution in [-0.4, -0.2) is 13.0 Å². The number of benzene rings is 2. The van der Waals surface area contributed by atoms with Crippen molar-refractivity contribution >= 4 is 5.91 Å². The molecule has 1 saturated carbocycles. The molecule has 3 nitrogen and oxygen atoms in total. The fraction of sp³-hybridized carbons (Fsp3) is 0.381. The third-order valence-electron chi connectivity index (χ3n) is 4.88. The zero-order chi connectivity index (χ0) is 17.8. The summed E-state index contributed by atoms with van der Waals surface area (Å²) in [5.41, 5.74) is 2.78. The molecule has 0 aliphatic heterocycles. The Labute approximate surface area is 148 Å². The molecule has 0 radical (unpaired) electrons. The molecule has 2 aromatic rings. The summed E-state index contributed by atoms with van der Waals surface area (Å²) in [6, 6.07) is 12.7. The molecule has 1 amide bonds.